The topological polar surface area (TPSA) is 0 Å². The van der Waals surface area contributed by atoms with Gasteiger partial charge in [-0.05, 0) is 36.7 Å². The van der Waals surface area contributed by atoms with Crippen LogP contribution in [0.5, 0.6) is 0 Å². The molecule has 1 aliphatic rings. The van der Waals surface area contributed by atoms with Gasteiger partial charge in [-0.1, -0.05) is 50.6 Å². The van der Waals surface area contributed by atoms with E-state index in [2.05, 4.69) is 20.8 Å². The Balaban J connectivity index is 2.14. The van der Waals surface area contributed by atoms with Gasteiger partial charge >= 0.3 is 0 Å². The van der Waals surface area contributed by atoms with Gasteiger partial charge in [-0.2, -0.15) is 0 Å². The van der Waals surface area contributed by atoms with Crippen LogP contribution in [0.2, 0.25) is 0 Å². The molecule has 2 rings (SSSR count). The van der Waals surface area contributed by atoms with E-state index >= 15 is 0 Å². The molecule has 88 valence electrons. The van der Waals surface area contributed by atoms with Crippen LogP contribution in [0.4, 0.5) is 4.39 Å². The summed E-state index contributed by atoms with van der Waals surface area (Å²) in [4.78, 5) is 0. The van der Waals surface area contributed by atoms with Gasteiger partial charge < -0.3 is 0 Å². The highest BCUT2D eigenvalue weighted by molar-refractivity contribution is 5.30. The molecule has 1 saturated carbocycles. The molecule has 1 aliphatic carbocycles. The van der Waals surface area contributed by atoms with Crippen molar-refractivity contribution in [3.8, 4) is 0 Å². The van der Waals surface area contributed by atoms with Gasteiger partial charge in [0.2, 0.25) is 0 Å². The van der Waals surface area contributed by atoms with E-state index in [1.165, 1.54) is 0 Å². The quantitative estimate of drug-likeness (QED) is 0.648. The fourth-order valence-electron chi connectivity index (χ4n) is 2.49. The first-order valence-corrected chi connectivity index (χ1v) is 6.07. The Bertz CT molecular complexity index is 381. The molecule has 16 heavy (non-hydrogen) atoms. The number of alkyl halides is 1. The van der Waals surface area contributed by atoms with Crippen LogP contribution >= 0.6 is 0 Å². The highest BCUT2D eigenvalue weighted by Gasteiger charge is 2.50. The molecule has 0 amide bonds. The van der Waals surface area contributed by atoms with Crippen molar-refractivity contribution in [1.82, 2.24) is 0 Å². The van der Waals surface area contributed by atoms with Crippen LogP contribution in [0.3, 0.4) is 0 Å². The van der Waals surface area contributed by atoms with Crippen molar-refractivity contribution in [2.45, 2.75) is 46.2 Å². The first-order chi connectivity index (χ1) is 7.31. The number of aryl methyl sites for hydroxylation is 1. The standard InChI is InChI=1S/C15H21F/c1-11-6-5-7-12(8-11)15(16)9-13(10-15)14(2,3)4/h5-8,13H,9-10H2,1-4H3. The largest absolute Gasteiger partial charge is 0.239 e. The van der Waals surface area contributed by atoms with Gasteiger partial charge in [-0.25, -0.2) is 4.39 Å². The van der Waals surface area contributed by atoms with Crippen LogP contribution in [-0.4, -0.2) is 0 Å². The van der Waals surface area contributed by atoms with Crippen LogP contribution in [0.1, 0.15) is 44.7 Å². The van der Waals surface area contributed by atoms with Crippen molar-refractivity contribution < 1.29 is 4.39 Å². The zero-order chi connectivity index (χ0) is 12.0. The fraction of sp³-hybridized carbons (Fsp3) is 0.600. The summed E-state index contributed by atoms with van der Waals surface area (Å²) in [6, 6.07) is 7.88. The smallest absolute Gasteiger partial charge is 0.136 e. The summed E-state index contributed by atoms with van der Waals surface area (Å²) < 4.78 is 14.6. The number of hydrogen-bond donors (Lipinski definition) is 0. The van der Waals surface area contributed by atoms with Crippen molar-refractivity contribution in [3.05, 3.63) is 35.4 Å². The van der Waals surface area contributed by atoms with Crippen LogP contribution in [0, 0.1) is 18.3 Å². The summed E-state index contributed by atoms with van der Waals surface area (Å²) in [5, 5.41) is 0. The Hall–Kier alpha value is -0.850. The molecule has 0 saturated heterocycles. The van der Waals surface area contributed by atoms with Crippen molar-refractivity contribution in [2.24, 2.45) is 11.3 Å². The Morgan fingerprint density at radius 3 is 2.38 bits per heavy atom. The van der Waals surface area contributed by atoms with Gasteiger partial charge in [-0.15, -0.1) is 0 Å². The van der Waals surface area contributed by atoms with E-state index in [1.54, 1.807) is 0 Å². The highest BCUT2D eigenvalue weighted by atomic mass is 19.1. The van der Waals surface area contributed by atoms with Crippen molar-refractivity contribution >= 4 is 0 Å². The summed E-state index contributed by atoms with van der Waals surface area (Å²) in [6.45, 7) is 8.63. The maximum atomic E-state index is 14.6. The molecule has 0 aromatic heterocycles. The Morgan fingerprint density at radius 1 is 1.25 bits per heavy atom. The molecule has 0 bridgehead atoms. The Morgan fingerprint density at radius 2 is 1.88 bits per heavy atom. The molecule has 1 heteroatoms. The van der Waals surface area contributed by atoms with E-state index in [9.17, 15) is 4.39 Å². The third kappa shape index (κ3) is 2.00. The molecule has 0 N–H and O–H groups in total. The molecule has 0 unspecified atom stereocenters. The molecule has 1 aromatic carbocycles. The third-order valence-electron chi connectivity index (χ3n) is 3.90. The second-order valence-electron chi connectivity index (χ2n) is 6.31. The molecule has 0 spiro atoms. The molecule has 0 aliphatic heterocycles. The SMILES string of the molecule is Cc1cccc(C2(F)CC(C(C)(C)C)C2)c1. The molecule has 0 heterocycles. The van der Waals surface area contributed by atoms with E-state index in [1.807, 2.05) is 31.2 Å². The second kappa shape index (κ2) is 3.58. The van der Waals surface area contributed by atoms with Gasteiger partial charge in [0.05, 0.1) is 0 Å². The Labute approximate surface area is 97.9 Å². The average molecular weight is 220 g/mol. The zero-order valence-electron chi connectivity index (χ0n) is 10.7. The van der Waals surface area contributed by atoms with Gasteiger partial charge in [-0.3, -0.25) is 0 Å². The monoisotopic (exact) mass is 220 g/mol. The first-order valence-electron chi connectivity index (χ1n) is 6.07. The lowest BCUT2D eigenvalue weighted by Crippen LogP contribution is -2.43. The lowest BCUT2D eigenvalue weighted by Gasteiger charge is -2.48. The molecule has 0 radical (unpaired) electrons. The van der Waals surface area contributed by atoms with Crippen LogP contribution in [0.25, 0.3) is 0 Å². The number of rotatable bonds is 1. The van der Waals surface area contributed by atoms with Crippen molar-refractivity contribution in [3.63, 3.8) is 0 Å². The van der Waals surface area contributed by atoms with Crippen LogP contribution in [0.15, 0.2) is 24.3 Å². The van der Waals surface area contributed by atoms with Gasteiger partial charge in [0.25, 0.3) is 0 Å². The van der Waals surface area contributed by atoms with Gasteiger partial charge in [0.15, 0.2) is 0 Å². The lowest BCUT2D eigenvalue weighted by atomic mass is 9.59. The maximum absolute atomic E-state index is 14.6. The minimum Gasteiger partial charge on any atom is -0.239 e. The van der Waals surface area contributed by atoms with Crippen LogP contribution in [-0.2, 0) is 5.67 Å². The average Bonchev–Trinajstić information content (AvgIpc) is 2.11. The highest BCUT2D eigenvalue weighted by Crippen LogP contribution is 2.55. The second-order valence-corrected chi connectivity index (χ2v) is 6.31. The summed E-state index contributed by atoms with van der Waals surface area (Å²) in [7, 11) is 0. The molecular formula is C15H21F. The molecule has 1 fully saturated rings. The minimum atomic E-state index is -1.07. The van der Waals surface area contributed by atoms with E-state index < -0.39 is 5.67 Å². The lowest BCUT2D eigenvalue weighted by molar-refractivity contribution is -0.0476. The summed E-state index contributed by atoms with van der Waals surface area (Å²) >= 11 is 0. The normalized spacial score (nSPS) is 29.9. The van der Waals surface area contributed by atoms with Crippen molar-refractivity contribution in [2.75, 3.05) is 0 Å². The van der Waals surface area contributed by atoms with Crippen molar-refractivity contribution in [1.29, 1.82) is 0 Å². The maximum Gasteiger partial charge on any atom is 0.136 e. The zero-order valence-corrected chi connectivity index (χ0v) is 10.7. The predicted molar refractivity (Wildman–Crippen MR) is 66.1 cm³/mol. The molecule has 0 atom stereocenters. The van der Waals surface area contributed by atoms with E-state index in [-0.39, 0.29) is 5.41 Å². The molecule has 0 nitrogen and oxygen atoms in total. The van der Waals surface area contributed by atoms with Gasteiger partial charge in [0, 0.05) is 0 Å². The van der Waals surface area contributed by atoms with E-state index in [4.69, 9.17) is 0 Å². The summed E-state index contributed by atoms with van der Waals surface area (Å²) in [5.74, 6) is 0.512. The summed E-state index contributed by atoms with van der Waals surface area (Å²) in [6.07, 6.45) is 1.36. The molecule has 1 aromatic rings. The van der Waals surface area contributed by atoms with E-state index in [0.717, 1.165) is 11.1 Å². The van der Waals surface area contributed by atoms with Gasteiger partial charge in [0.1, 0.15) is 5.67 Å². The minimum absolute atomic E-state index is 0.236. The number of benzene rings is 1. The van der Waals surface area contributed by atoms with E-state index in [0.29, 0.717) is 18.8 Å². The Kier molecular flexibility index (Phi) is 2.60. The van der Waals surface area contributed by atoms with Crippen LogP contribution < -0.4 is 0 Å². The first kappa shape index (κ1) is 11.6. The third-order valence-corrected chi connectivity index (χ3v) is 3.90. The summed E-state index contributed by atoms with van der Waals surface area (Å²) in [5.41, 5.74) is 1.19. The molecular weight excluding hydrogens is 199 g/mol. The number of halogens is 1. The fourth-order valence-corrected chi connectivity index (χ4v) is 2.49. The predicted octanol–water partition coefficient (Wildman–Crippen LogP) is 4.62. The number of hydrogen-bond acceptors (Lipinski definition) is 0.